The fourth-order valence-corrected chi connectivity index (χ4v) is 2.35. The van der Waals surface area contributed by atoms with Crippen molar-refractivity contribution in [1.29, 1.82) is 0 Å². The molecule has 0 aliphatic carbocycles. The van der Waals surface area contributed by atoms with E-state index in [4.69, 9.17) is 10.5 Å². The van der Waals surface area contributed by atoms with Gasteiger partial charge < -0.3 is 10.5 Å². The highest BCUT2D eigenvalue weighted by Crippen LogP contribution is 2.31. The summed E-state index contributed by atoms with van der Waals surface area (Å²) < 4.78 is 5.47. The van der Waals surface area contributed by atoms with Gasteiger partial charge in [-0.1, -0.05) is 55.5 Å². The SMILES string of the molecule is CCCN[C@](N)(c1ccccc1)c1ccccc1OC. The number of rotatable bonds is 6. The Morgan fingerprint density at radius 3 is 2.35 bits per heavy atom. The summed E-state index contributed by atoms with van der Waals surface area (Å²) in [5, 5.41) is 3.45. The second-order valence-corrected chi connectivity index (χ2v) is 4.80. The zero-order chi connectivity index (χ0) is 14.4. The minimum Gasteiger partial charge on any atom is -0.496 e. The lowest BCUT2D eigenvalue weighted by Crippen LogP contribution is -2.51. The summed E-state index contributed by atoms with van der Waals surface area (Å²) in [6.45, 7) is 2.96. The van der Waals surface area contributed by atoms with Gasteiger partial charge in [-0.3, -0.25) is 5.32 Å². The molecule has 0 aliphatic heterocycles. The smallest absolute Gasteiger partial charge is 0.125 e. The monoisotopic (exact) mass is 270 g/mol. The molecule has 1 atom stereocenters. The molecule has 3 nitrogen and oxygen atoms in total. The minimum atomic E-state index is -0.746. The highest BCUT2D eigenvalue weighted by atomic mass is 16.5. The number of nitrogens with two attached hydrogens (primary N) is 1. The molecule has 0 amide bonds. The largest absolute Gasteiger partial charge is 0.496 e. The molecule has 0 bridgehead atoms. The first kappa shape index (κ1) is 14.6. The third-order valence-electron chi connectivity index (χ3n) is 3.41. The fraction of sp³-hybridized carbons (Fsp3) is 0.294. The van der Waals surface area contributed by atoms with Gasteiger partial charge in [0.1, 0.15) is 11.4 Å². The number of nitrogens with one attached hydrogen (secondary N) is 1. The molecule has 3 N–H and O–H groups in total. The van der Waals surface area contributed by atoms with Gasteiger partial charge in [0, 0.05) is 5.56 Å². The van der Waals surface area contributed by atoms with Gasteiger partial charge in [0.25, 0.3) is 0 Å². The van der Waals surface area contributed by atoms with Gasteiger partial charge in [0.2, 0.25) is 0 Å². The zero-order valence-corrected chi connectivity index (χ0v) is 12.1. The Balaban J connectivity index is 2.52. The van der Waals surface area contributed by atoms with Crippen LogP contribution < -0.4 is 15.8 Å². The zero-order valence-electron chi connectivity index (χ0n) is 12.1. The Kier molecular flexibility index (Phi) is 4.77. The van der Waals surface area contributed by atoms with Crippen LogP contribution in [0.2, 0.25) is 0 Å². The van der Waals surface area contributed by atoms with Crippen LogP contribution in [0.15, 0.2) is 54.6 Å². The van der Waals surface area contributed by atoms with Crippen LogP contribution in [0.3, 0.4) is 0 Å². The molecule has 2 aromatic rings. The summed E-state index contributed by atoms with van der Waals surface area (Å²) in [4.78, 5) is 0. The number of ether oxygens (including phenoxy) is 1. The van der Waals surface area contributed by atoms with Crippen molar-refractivity contribution in [2.24, 2.45) is 5.73 Å². The van der Waals surface area contributed by atoms with Gasteiger partial charge in [-0.15, -0.1) is 0 Å². The maximum atomic E-state index is 6.71. The first-order chi connectivity index (χ1) is 9.72. The Bertz CT molecular complexity index is 542. The number of benzene rings is 2. The molecule has 0 radical (unpaired) electrons. The van der Waals surface area contributed by atoms with Crippen LogP contribution in [0.1, 0.15) is 24.5 Å². The summed E-state index contributed by atoms with van der Waals surface area (Å²) >= 11 is 0. The van der Waals surface area contributed by atoms with Crippen LogP contribution in [0.4, 0.5) is 0 Å². The van der Waals surface area contributed by atoms with Crippen LogP contribution in [-0.2, 0) is 5.66 Å². The second-order valence-electron chi connectivity index (χ2n) is 4.80. The van der Waals surface area contributed by atoms with Crippen LogP contribution in [0.5, 0.6) is 5.75 Å². The summed E-state index contributed by atoms with van der Waals surface area (Å²) in [7, 11) is 1.67. The number of hydrogen-bond donors (Lipinski definition) is 2. The molecular formula is C17H22N2O. The number of methoxy groups -OCH3 is 1. The number of para-hydroxylation sites is 1. The van der Waals surface area contributed by atoms with Crippen molar-refractivity contribution in [3.63, 3.8) is 0 Å². The minimum absolute atomic E-state index is 0.746. The van der Waals surface area contributed by atoms with Crippen molar-refractivity contribution in [3.8, 4) is 5.75 Å². The molecular weight excluding hydrogens is 248 g/mol. The first-order valence-electron chi connectivity index (χ1n) is 6.95. The van der Waals surface area contributed by atoms with E-state index in [1.54, 1.807) is 7.11 Å². The third kappa shape index (κ3) is 2.84. The van der Waals surface area contributed by atoms with E-state index >= 15 is 0 Å². The molecule has 0 heterocycles. The fourth-order valence-electron chi connectivity index (χ4n) is 2.35. The topological polar surface area (TPSA) is 47.3 Å². The second kappa shape index (κ2) is 6.55. The van der Waals surface area contributed by atoms with Gasteiger partial charge in [0.15, 0.2) is 0 Å². The van der Waals surface area contributed by atoms with Crippen LogP contribution in [-0.4, -0.2) is 13.7 Å². The van der Waals surface area contributed by atoms with E-state index in [9.17, 15) is 0 Å². The lowest BCUT2D eigenvalue weighted by atomic mass is 9.91. The maximum Gasteiger partial charge on any atom is 0.125 e. The van der Waals surface area contributed by atoms with Crippen LogP contribution in [0, 0.1) is 0 Å². The molecule has 0 aliphatic rings. The molecule has 0 fully saturated rings. The molecule has 3 heteroatoms. The van der Waals surface area contributed by atoms with Crippen LogP contribution >= 0.6 is 0 Å². The lowest BCUT2D eigenvalue weighted by molar-refractivity contribution is 0.366. The summed E-state index contributed by atoms with van der Waals surface area (Å²) in [5.74, 6) is 0.794. The van der Waals surface area contributed by atoms with Crippen LogP contribution in [0.25, 0.3) is 0 Å². The molecule has 0 aromatic heterocycles. The number of hydrogen-bond acceptors (Lipinski definition) is 3. The molecule has 0 saturated heterocycles. The molecule has 106 valence electrons. The Labute approximate surface area is 120 Å². The predicted octanol–water partition coefficient (Wildman–Crippen LogP) is 2.85. The van der Waals surface area contributed by atoms with Gasteiger partial charge in [-0.2, -0.15) is 0 Å². The molecule has 0 spiro atoms. The van der Waals surface area contributed by atoms with E-state index in [0.29, 0.717) is 0 Å². The quantitative estimate of drug-likeness (QED) is 0.793. The van der Waals surface area contributed by atoms with Gasteiger partial charge >= 0.3 is 0 Å². The van der Waals surface area contributed by atoms with E-state index in [2.05, 4.69) is 12.2 Å². The molecule has 2 rings (SSSR count). The van der Waals surface area contributed by atoms with E-state index in [-0.39, 0.29) is 0 Å². The summed E-state index contributed by atoms with van der Waals surface area (Å²) in [6.07, 6.45) is 1.01. The Morgan fingerprint density at radius 1 is 1.05 bits per heavy atom. The van der Waals surface area contributed by atoms with Crippen molar-refractivity contribution in [3.05, 3.63) is 65.7 Å². The predicted molar refractivity (Wildman–Crippen MR) is 82.7 cm³/mol. The lowest BCUT2D eigenvalue weighted by Gasteiger charge is -2.33. The van der Waals surface area contributed by atoms with Crippen molar-refractivity contribution in [2.45, 2.75) is 19.0 Å². The Morgan fingerprint density at radius 2 is 1.70 bits per heavy atom. The van der Waals surface area contributed by atoms with Crippen molar-refractivity contribution in [2.75, 3.05) is 13.7 Å². The average molecular weight is 270 g/mol. The van der Waals surface area contributed by atoms with Crippen molar-refractivity contribution in [1.82, 2.24) is 5.32 Å². The molecule has 2 aromatic carbocycles. The summed E-state index contributed by atoms with van der Waals surface area (Å²) in [6, 6.07) is 17.9. The molecule has 0 unspecified atom stereocenters. The first-order valence-corrected chi connectivity index (χ1v) is 6.95. The van der Waals surface area contributed by atoms with Gasteiger partial charge in [0.05, 0.1) is 7.11 Å². The van der Waals surface area contributed by atoms with Gasteiger partial charge in [-0.05, 0) is 24.6 Å². The van der Waals surface area contributed by atoms with E-state index in [1.807, 2.05) is 54.6 Å². The summed E-state index contributed by atoms with van der Waals surface area (Å²) in [5.41, 5.74) is 7.94. The molecule has 0 saturated carbocycles. The van der Waals surface area contributed by atoms with Gasteiger partial charge in [-0.25, -0.2) is 0 Å². The average Bonchev–Trinajstić information content (AvgIpc) is 2.53. The normalized spacial score (nSPS) is 13.8. The van der Waals surface area contributed by atoms with E-state index < -0.39 is 5.66 Å². The highest BCUT2D eigenvalue weighted by molar-refractivity contribution is 5.45. The third-order valence-corrected chi connectivity index (χ3v) is 3.41. The Hall–Kier alpha value is -1.84. The van der Waals surface area contributed by atoms with Crippen molar-refractivity contribution >= 4 is 0 Å². The molecule has 20 heavy (non-hydrogen) atoms. The van der Waals surface area contributed by atoms with Crippen molar-refractivity contribution < 1.29 is 4.74 Å². The highest BCUT2D eigenvalue weighted by Gasteiger charge is 2.31. The maximum absolute atomic E-state index is 6.71. The van der Waals surface area contributed by atoms with E-state index in [0.717, 1.165) is 29.8 Å². The van der Waals surface area contributed by atoms with E-state index in [1.165, 1.54) is 0 Å². The standard InChI is InChI=1S/C17H22N2O/c1-3-13-19-17(18,14-9-5-4-6-10-14)15-11-7-8-12-16(15)20-2/h4-12,19H,3,13,18H2,1-2H3/t17-/m1/s1.